The molecule has 0 atom stereocenters. The van der Waals surface area contributed by atoms with Crippen molar-refractivity contribution in [3.05, 3.63) is 103 Å². The molecule has 0 saturated carbocycles. The third-order valence-electron chi connectivity index (χ3n) is 7.23. The number of carbonyl (C=O) groups excluding carboxylic acids is 1. The van der Waals surface area contributed by atoms with Crippen molar-refractivity contribution in [2.24, 2.45) is 20.5 Å². The average molecular weight is 762 g/mol. The summed E-state index contributed by atoms with van der Waals surface area (Å²) < 4.78 is 5.79. The van der Waals surface area contributed by atoms with E-state index in [1.54, 1.807) is 53.3 Å². The van der Waals surface area contributed by atoms with E-state index in [0.717, 1.165) is 15.2 Å². The van der Waals surface area contributed by atoms with E-state index >= 15 is 0 Å². The van der Waals surface area contributed by atoms with Crippen LogP contribution in [-0.4, -0.2) is 29.5 Å². The number of ether oxygens (including phenoxy) is 1. The summed E-state index contributed by atoms with van der Waals surface area (Å²) in [5.74, 6) is 0.197. The smallest absolute Gasteiger partial charge is 0.777 e. The van der Waals surface area contributed by atoms with Crippen molar-refractivity contribution in [1.29, 1.82) is 0 Å². The summed E-state index contributed by atoms with van der Waals surface area (Å²) in [6.45, 7) is 4.28. The second-order valence-electron chi connectivity index (χ2n) is 10.6. The number of carbonyl (C=O) groups is 1. The summed E-state index contributed by atoms with van der Waals surface area (Å²) >= 11 is 9.96. The normalized spacial score (nSPS) is 11.0. The Kier molecular flexibility index (Phi) is 15.0. The number of phenols is 2. The summed E-state index contributed by atoms with van der Waals surface area (Å²) in [6.07, 6.45) is 2.49. The van der Waals surface area contributed by atoms with E-state index < -0.39 is 0 Å². The number of nitrogens with one attached hydrogen (secondary N) is 1. The number of phenolic OH excluding ortho intramolecular Hbond substituents is 2. The van der Waals surface area contributed by atoms with Crippen LogP contribution in [0.5, 0.6) is 17.2 Å². The first-order valence-electron chi connectivity index (χ1n) is 15.2. The van der Waals surface area contributed by atoms with Gasteiger partial charge < -0.3 is 32.9 Å². The molecule has 0 aliphatic heterocycles. The van der Waals surface area contributed by atoms with E-state index in [4.69, 9.17) is 17.4 Å². The minimum atomic E-state index is -0.186. The molecule has 0 aliphatic carbocycles. The number of benzene rings is 6. The van der Waals surface area contributed by atoms with Crippen LogP contribution in [0.2, 0.25) is 0 Å². The van der Waals surface area contributed by atoms with Crippen LogP contribution in [0.4, 0.5) is 28.4 Å². The molecule has 6 rings (SSSR count). The van der Waals surface area contributed by atoms with E-state index in [2.05, 4.69) is 57.5 Å². The van der Waals surface area contributed by atoms with Gasteiger partial charge in [-0.2, -0.15) is 5.11 Å². The summed E-state index contributed by atoms with van der Waals surface area (Å²) in [4.78, 5) is 13.1. The van der Waals surface area contributed by atoms with Crippen molar-refractivity contribution in [1.82, 2.24) is 0 Å². The molecule has 0 unspecified atom stereocenters. The van der Waals surface area contributed by atoms with Crippen molar-refractivity contribution in [2.45, 2.75) is 28.5 Å². The number of aryl methyl sites for hydroxylation is 1. The molecular weight excluding hydrogens is 730 g/mol. The van der Waals surface area contributed by atoms with Crippen molar-refractivity contribution >= 4 is 103 Å². The molecule has 0 radical (unpaired) electrons. The van der Waals surface area contributed by atoms with Crippen LogP contribution in [0.3, 0.4) is 0 Å². The molecule has 0 aliphatic rings. The van der Waals surface area contributed by atoms with Crippen molar-refractivity contribution in [3.63, 3.8) is 0 Å². The zero-order valence-electron chi connectivity index (χ0n) is 28.2. The van der Waals surface area contributed by atoms with Crippen LogP contribution in [0.25, 0.3) is 21.5 Å². The van der Waals surface area contributed by atoms with E-state index in [0.29, 0.717) is 62.6 Å². The zero-order valence-corrected chi connectivity index (χ0v) is 33.5. The third kappa shape index (κ3) is 9.95. The molecule has 6 aromatic rings. The first-order chi connectivity index (χ1) is 24.2. The van der Waals surface area contributed by atoms with Crippen molar-refractivity contribution in [3.8, 4) is 17.2 Å². The third-order valence-corrected chi connectivity index (χ3v) is 9.56. The predicted octanol–water partition coefficient (Wildman–Crippen LogP) is 8.77. The largest absolute Gasteiger partial charge is 1.00 e. The number of amides is 1. The Bertz CT molecular complexity index is 2220. The molecule has 0 aromatic heterocycles. The van der Waals surface area contributed by atoms with Gasteiger partial charge in [0, 0.05) is 26.6 Å². The van der Waals surface area contributed by atoms with E-state index in [1.807, 2.05) is 55.6 Å². The van der Waals surface area contributed by atoms with Crippen LogP contribution in [0.15, 0.2) is 132 Å². The fourth-order valence-electron chi connectivity index (χ4n) is 4.93. The number of thiol groups is 1. The number of anilines is 1. The molecule has 51 heavy (non-hydrogen) atoms. The molecule has 0 spiro atoms. The Hall–Kier alpha value is -3.82. The molecule has 6 aromatic carbocycles. The number of nitrogens with zero attached hydrogens (tertiary/aromatic N) is 4. The molecule has 14 heteroatoms. The number of hydrogen-bond donors (Lipinski definition) is 4. The molecular formula is C37H32N5NaO4S4. The Labute approximate surface area is 336 Å². The van der Waals surface area contributed by atoms with Gasteiger partial charge in [0.25, 0.3) is 0 Å². The van der Waals surface area contributed by atoms with Gasteiger partial charge in [-0.3, -0.25) is 4.79 Å². The molecule has 0 fully saturated rings. The fraction of sp³-hybridized carbons (Fsp3) is 0.108. The summed E-state index contributed by atoms with van der Waals surface area (Å²) in [6, 6.07) is 29.5. The predicted molar refractivity (Wildman–Crippen MR) is 210 cm³/mol. The van der Waals surface area contributed by atoms with Crippen LogP contribution < -0.4 is 39.6 Å². The molecule has 0 saturated heterocycles. The molecule has 9 nitrogen and oxygen atoms in total. The Morgan fingerprint density at radius 1 is 0.882 bits per heavy atom. The maximum atomic E-state index is 11.2. The average Bonchev–Trinajstić information content (AvgIpc) is 3.10. The monoisotopic (exact) mass is 761 g/mol. The second kappa shape index (κ2) is 19.1. The molecule has 1 amide bonds. The summed E-state index contributed by atoms with van der Waals surface area (Å²) in [7, 11) is 3.07. The minimum Gasteiger partial charge on any atom is -0.777 e. The maximum absolute atomic E-state index is 11.2. The fourth-order valence-corrected chi connectivity index (χ4v) is 6.91. The SMILES string of the molecule is CCOc1cc(N=Nc2c([S-])cc3c(SSC)ccc(NC=O)c3c2O)ccc1N=Nc1c(O)ccc2ccc(S)cc12.Cc1ccccc1.[Na+]. The number of rotatable bonds is 10. The van der Waals surface area contributed by atoms with E-state index in [9.17, 15) is 15.0 Å². The standard InChI is InChI=1S/C30H25N5O4S4.C7H8.Na/c1-3-39-24-12-17(6-8-21(24)33-34-28-19-13-18(40)7-4-16(19)5-10-23(28)37)32-35-29-25(41)14-20-26(43-42-2)11-9-22(31-15-36)27(20)30(29)38;1-7-5-3-2-4-6-7;/h4-15,37-38,40-41H,3H2,1-2H3,(H,31,36);2-6H,1H3;/q;;+1/p-1. The summed E-state index contributed by atoms with van der Waals surface area (Å²) in [5.41, 5.74) is 2.99. The van der Waals surface area contributed by atoms with Crippen LogP contribution in [-0.2, 0) is 17.4 Å². The topological polar surface area (TPSA) is 128 Å². The van der Waals surface area contributed by atoms with Gasteiger partial charge in [0.1, 0.15) is 28.6 Å². The van der Waals surface area contributed by atoms with Crippen molar-refractivity contribution < 1.29 is 49.3 Å². The molecule has 0 bridgehead atoms. The Balaban J connectivity index is 0.000000652. The number of azo groups is 2. The first kappa shape index (κ1) is 40.0. The maximum Gasteiger partial charge on any atom is 1.00 e. The van der Waals surface area contributed by atoms with Crippen LogP contribution >= 0.6 is 34.2 Å². The Morgan fingerprint density at radius 3 is 2.31 bits per heavy atom. The Morgan fingerprint density at radius 2 is 1.63 bits per heavy atom. The first-order valence-corrected chi connectivity index (χ1v) is 18.6. The van der Waals surface area contributed by atoms with Crippen LogP contribution in [0.1, 0.15) is 12.5 Å². The molecule has 3 N–H and O–H groups in total. The molecule has 0 heterocycles. The number of aromatic hydroxyl groups is 2. The summed E-state index contributed by atoms with van der Waals surface area (Å²) in [5, 5.41) is 44.3. The number of hydrogen-bond acceptors (Lipinski definition) is 12. The van der Waals surface area contributed by atoms with E-state index in [-0.39, 0.29) is 46.7 Å². The van der Waals surface area contributed by atoms with Gasteiger partial charge in [-0.25, -0.2) is 0 Å². The zero-order chi connectivity index (χ0) is 35.6. The quantitative estimate of drug-likeness (QED) is 0.0275. The number of fused-ring (bicyclic) bond motifs is 2. The van der Waals surface area contributed by atoms with Gasteiger partial charge >= 0.3 is 29.6 Å². The van der Waals surface area contributed by atoms with E-state index in [1.165, 1.54) is 16.4 Å². The van der Waals surface area contributed by atoms with Gasteiger partial charge in [0.15, 0.2) is 5.75 Å². The van der Waals surface area contributed by atoms with Crippen molar-refractivity contribution in [2.75, 3.05) is 18.2 Å². The minimum absolute atomic E-state index is 0. The second-order valence-corrected chi connectivity index (χ2v) is 14.0. The van der Waals surface area contributed by atoms with Gasteiger partial charge in [-0.05, 0) is 68.0 Å². The van der Waals surface area contributed by atoms with Gasteiger partial charge in [0.2, 0.25) is 6.41 Å². The van der Waals surface area contributed by atoms with Crippen LogP contribution in [0, 0.1) is 6.92 Å². The molecule has 254 valence electrons. The van der Waals surface area contributed by atoms with Gasteiger partial charge in [0.05, 0.1) is 23.4 Å². The van der Waals surface area contributed by atoms with Gasteiger partial charge in [-0.1, -0.05) is 75.7 Å². The van der Waals surface area contributed by atoms with Gasteiger partial charge in [-0.15, -0.1) is 32.9 Å².